The van der Waals surface area contributed by atoms with Crippen LogP contribution in [0.15, 0.2) is 39.8 Å². The number of para-hydroxylation sites is 1. The van der Waals surface area contributed by atoms with E-state index in [4.69, 9.17) is 4.52 Å². The van der Waals surface area contributed by atoms with E-state index in [1.54, 1.807) is 0 Å². The van der Waals surface area contributed by atoms with Gasteiger partial charge in [0.1, 0.15) is 5.76 Å². The summed E-state index contributed by atoms with van der Waals surface area (Å²) in [4.78, 5) is 9.75. The number of anilines is 1. The van der Waals surface area contributed by atoms with Gasteiger partial charge in [0.05, 0.1) is 4.92 Å². The number of aromatic nitrogens is 1. The van der Waals surface area contributed by atoms with Crippen LogP contribution in [0.2, 0.25) is 0 Å². The summed E-state index contributed by atoms with van der Waals surface area (Å²) in [5, 5.41) is 14.6. The van der Waals surface area contributed by atoms with E-state index in [0.29, 0.717) is 5.76 Å². The Balaban J connectivity index is 2.37. The lowest BCUT2D eigenvalue weighted by Crippen LogP contribution is -2.15. The fraction of sp³-hybridized carbons (Fsp3) is 0.308. The molecule has 0 saturated heterocycles. The van der Waals surface area contributed by atoms with Gasteiger partial charge < -0.3 is 4.52 Å². The number of nitro groups is 1. The lowest BCUT2D eigenvalue weighted by Gasteiger charge is -2.12. The molecule has 8 nitrogen and oxygen atoms in total. The van der Waals surface area contributed by atoms with Crippen LogP contribution in [0.4, 0.5) is 11.5 Å². The number of benzene rings is 1. The molecule has 0 aliphatic carbocycles. The molecule has 2 rings (SSSR count). The van der Waals surface area contributed by atoms with Crippen molar-refractivity contribution in [2.75, 3.05) is 4.72 Å². The smallest absolute Gasteiger partial charge is 0.289 e. The maximum absolute atomic E-state index is 12.3. The molecule has 0 spiro atoms. The maximum atomic E-state index is 12.3. The number of nitrogens with one attached hydrogen (secondary N) is 1. The van der Waals surface area contributed by atoms with Gasteiger partial charge in [0, 0.05) is 17.5 Å². The van der Waals surface area contributed by atoms with Crippen molar-refractivity contribution in [3.8, 4) is 0 Å². The van der Waals surface area contributed by atoms with Crippen molar-refractivity contribution >= 4 is 21.5 Å². The van der Waals surface area contributed by atoms with Crippen LogP contribution in [0, 0.1) is 10.1 Å². The average molecular weight is 325 g/mol. The molecule has 0 aliphatic rings. The molecule has 1 aromatic carbocycles. The predicted molar refractivity (Wildman–Crippen MR) is 79.1 cm³/mol. The van der Waals surface area contributed by atoms with Gasteiger partial charge in [0.15, 0.2) is 10.7 Å². The Hall–Kier alpha value is -2.42. The van der Waals surface area contributed by atoms with Crippen molar-refractivity contribution in [2.24, 2.45) is 0 Å². The minimum absolute atomic E-state index is 0.0249. The number of hydrogen-bond donors (Lipinski definition) is 1. The summed E-state index contributed by atoms with van der Waals surface area (Å²) in [6, 6.07) is 6.53. The molecule has 0 atom stereocenters. The number of nitrogens with zero attached hydrogens (tertiary/aromatic N) is 2. The third-order valence-electron chi connectivity index (χ3n) is 2.84. The molecule has 0 aliphatic heterocycles. The predicted octanol–water partition coefficient (Wildman–Crippen LogP) is 2.68. The molecule has 0 saturated carbocycles. The Bertz CT molecular complexity index is 805. The molecule has 1 N–H and O–H groups in total. The van der Waals surface area contributed by atoms with Crippen LogP contribution >= 0.6 is 0 Å². The van der Waals surface area contributed by atoms with E-state index in [9.17, 15) is 18.5 Å². The van der Waals surface area contributed by atoms with Gasteiger partial charge in [0.2, 0.25) is 0 Å². The molecule has 9 heteroatoms. The van der Waals surface area contributed by atoms with Crippen LogP contribution in [-0.2, 0) is 15.4 Å². The lowest BCUT2D eigenvalue weighted by atomic mass is 9.93. The quantitative estimate of drug-likeness (QED) is 0.682. The number of rotatable bonds is 4. The molecular weight excluding hydrogens is 310 g/mol. The number of sulfonamides is 1. The van der Waals surface area contributed by atoms with Gasteiger partial charge in [0.25, 0.3) is 15.7 Å². The monoisotopic (exact) mass is 325 g/mol. The first-order valence-corrected chi connectivity index (χ1v) is 7.83. The maximum Gasteiger partial charge on any atom is 0.289 e. The van der Waals surface area contributed by atoms with E-state index in [0.717, 1.165) is 12.1 Å². The Morgan fingerprint density at radius 2 is 1.91 bits per heavy atom. The van der Waals surface area contributed by atoms with Gasteiger partial charge >= 0.3 is 0 Å². The summed E-state index contributed by atoms with van der Waals surface area (Å²) in [5.41, 5.74) is -0.843. The first-order valence-electron chi connectivity index (χ1n) is 6.35. The highest BCUT2D eigenvalue weighted by atomic mass is 32.2. The van der Waals surface area contributed by atoms with E-state index >= 15 is 0 Å². The summed E-state index contributed by atoms with van der Waals surface area (Å²) < 4.78 is 31.8. The molecule has 22 heavy (non-hydrogen) atoms. The molecule has 1 heterocycles. The van der Waals surface area contributed by atoms with Gasteiger partial charge in [-0.3, -0.25) is 14.8 Å². The normalized spacial score (nSPS) is 12.1. The zero-order valence-corrected chi connectivity index (χ0v) is 13.0. The fourth-order valence-electron chi connectivity index (χ4n) is 1.70. The van der Waals surface area contributed by atoms with Crippen LogP contribution in [0.25, 0.3) is 0 Å². The van der Waals surface area contributed by atoms with Crippen LogP contribution in [0.1, 0.15) is 26.5 Å². The number of hydrogen-bond acceptors (Lipinski definition) is 6. The number of nitro benzene ring substituents is 1. The van der Waals surface area contributed by atoms with Gasteiger partial charge in [-0.05, 0) is 6.07 Å². The summed E-state index contributed by atoms with van der Waals surface area (Å²) in [5.74, 6) is 0.468. The Morgan fingerprint density at radius 3 is 2.45 bits per heavy atom. The summed E-state index contributed by atoms with van der Waals surface area (Å²) in [6.45, 7) is 5.65. The summed E-state index contributed by atoms with van der Waals surface area (Å²) >= 11 is 0. The van der Waals surface area contributed by atoms with E-state index in [2.05, 4.69) is 9.88 Å². The van der Waals surface area contributed by atoms with Crippen molar-refractivity contribution in [3.63, 3.8) is 0 Å². The van der Waals surface area contributed by atoms with Crippen molar-refractivity contribution < 1.29 is 17.9 Å². The minimum Gasteiger partial charge on any atom is -0.359 e. The first-order chi connectivity index (χ1) is 10.1. The Kier molecular flexibility index (Phi) is 3.92. The topological polar surface area (TPSA) is 115 Å². The highest BCUT2D eigenvalue weighted by Crippen LogP contribution is 2.28. The first kappa shape index (κ1) is 16.0. The van der Waals surface area contributed by atoms with Crippen molar-refractivity contribution in [1.29, 1.82) is 0 Å². The van der Waals surface area contributed by atoms with Crippen LogP contribution < -0.4 is 4.72 Å². The summed E-state index contributed by atoms with van der Waals surface area (Å²) in [7, 11) is -4.14. The highest BCUT2D eigenvalue weighted by Gasteiger charge is 2.27. The van der Waals surface area contributed by atoms with E-state index < -0.39 is 25.5 Å². The van der Waals surface area contributed by atoms with Crippen molar-refractivity contribution in [3.05, 3.63) is 46.2 Å². The molecule has 0 unspecified atom stereocenters. The molecule has 0 fully saturated rings. The third-order valence-corrected chi connectivity index (χ3v) is 4.24. The largest absolute Gasteiger partial charge is 0.359 e. The van der Waals surface area contributed by atoms with Gasteiger partial charge in [-0.2, -0.15) is 0 Å². The molecule has 0 radical (unpaired) electrons. The van der Waals surface area contributed by atoms with E-state index in [1.807, 2.05) is 20.8 Å². The second-order valence-corrected chi connectivity index (χ2v) is 7.31. The molecule has 118 valence electrons. The third kappa shape index (κ3) is 3.25. The zero-order chi connectivity index (χ0) is 16.5. The van der Waals surface area contributed by atoms with Crippen LogP contribution in [0.5, 0.6) is 0 Å². The van der Waals surface area contributed by atoms with E-state index in [-0.39, 0.29) is 11.2 Å². The van der Waals surface area contributed by atoms with Crippen LogP contribution in [-0.4, -0.2) is 18.5 Å². The van der Waals surface area contributed by atoms with Crippen LogP contribution in [0.3, 0.4) is 0 Å². The van der Waals surface area contributed by atoms with Crippen molar-refractivity contribution in [1.82, 2.24) is 5.16 Å². The van der Waals surface area contributed by atoms with E-state index in [1.165, 1.54) is 18.2 Å². The van der Waals surface area contributed by atoms with Gasteiger partial charge in [-0.25, -0.2) is 8.42 Å². The SMILES string of the molecule is CC(C)(C)c1cc(NS(=O)(=O)c2ccccc2[N+](=O)[O-])no1. The fourth-order valence-corrected chi connectivity index (χ4v) is 2.86. The highest BCUT2D eigenvalue weighted by molar-refractivity contribution is 7.92. The standard InChI is InChI=1S/C13H15N3O5S/c1-13(2,3)11-8-12(14-21-11)15-22(19,20)10-7-5-4-6-9(10)16(17)18/h4-8H,1-3H3,(H,14,15). The molecule has 0 bridgehead atoms. The second kappa shape index (κ2) is 5.41. The minimum atomic E-state index is -4.14. The molecule has 0 amide bonds. The molecule has 1 aromatic heterocycles. The molecule has 2 aromatic rings. The van der Waals surface area contributed by atoms with Crippen molar-refractivity contribution in [2.45, 2.75) is 31.1 Å². The summed E-state index contributed by atoms with van der Waals surface area (Å²) in [6.07, 6.45) is 0. The van der Waals surface area contributed by atoms with Gasteiger partial charge in [-0.1, -0.05) is 38.1 Å². The molecular formula is C13H15N3O5S. The Morgan fingerprint density at radius 1 is 1.27 bits per heavy atom. The lowest BCUT2D eigenvalue weighted by molar-refractivity contribution is -0.387. The zero-order valence-electron chi connectivity index (χ0n) is 12.2. The Labute approximate surface area is 127 Å². The van der Waals surface area contributed by atoms with Gasteiger partial charge in [-0.15, -0.1) is 0 Å². The average Bonchev–Trinajstić information content (AvgIpc) is 2.86. The second-order valence-electron chi connectivity index (χ2n) is 5.66.